The SMILES string of the molecule is Cc1noc(Nc2c(C#N)cnc3ccc(NCc4cnc[nH]4)cc23)c1C. The first kappa shape index (κ1) is 16.6. The van der Waals surface area contributed by atoms with Crippen LogP contribution in [0.1, 0.15) is 22.5 Å². The van der Waals surface area contributed by atoms with Crippen molar-refractivity contribution in [2.24, 2.45) is 0 Å². The normalized spacial score (nSPS) is 10.7. The lowest BCUT2D eigenvalue weighted by molar-refractivity contribution is 0.429. The third-order valence-electron chi connectivity index (χ3n) is 4.42. The summed E-state index contributed by atoms with van der Waals surface area (Å²) in [6.45, 7) is 4.40. The molecule has 0 saturated carbocycles. The first-order valence-electron chi connectivity index (χ1n) is 8.39. The number of aryl methyl sites for hydroxylation is 1. The molecule has 27 heavy (non-hydrogen) atoms. The Morgan fingerprint density at radius 1 is 1.26 bits per heavy atom. The Balaban J connectivity index is 1.74. The number of nitriles is 1. The van der Waals surface area contributed by atoms with Crippen molar-refractivity contribution < 1.29 is 4.52 Å². The van der Waals surface area contributed by atoms with E-state index in [0.29, 0.717) is 23.7 Å². The number of aromatic nitrogens is 4. The van der Waals surface area contributed by atoms with Gasteiger partial charge in [0.1, 0.15) is 6.07 Å². The maximum absolute atomic E-state index is 9.53. The molecule has 0 bridgehead atoms. The van der Waals surface area contributed by atoms with Crippen LogP contribution in [-0.4, -0.2) is 20.1 Å². The molecule has 0 spiro atoms. The number of fused-ring (bicyclic) bond motifs is 1. The van der Waals surface area contributed by atoms with Gasteiger partial charge in [0.15, 0.2) is 0 Å². The van der Waals surface area contributed by atoms with Crippen LogP contribution >= 0.6 is 0 Å². The van der Waals surface area contributed by atoms with Gasteiger partial charge in [-0.3, -0.25) is 4.98 Å². The molecular formula is C19H17N7O. The minimum Gasteiger partial charge on any atom is -0.379 e. The Bertz CT molecular complexity index is 1140. The molecular weight excluding hydrogens is 342 g/mol. The van der Waals surface area contributed by atoms with E-state index < -0.39 is 0 Å². The highest BCUT2D eigenvalue weighted by Crippen LogP contribution is 2.32. The molecule has 4 aromatic rings. The van der Waals surface area contributed by atoms with Crippen molar-refractivity contribution >= 4 is 28.2 Å². The van der Waals surface area contributed by atoms with Crippen molar-refractivity contribution in [2.45, 2.75) is 20.4 Å². The van der Waals surface area contributed by atoms with E-state index in [4.69, 9.17) is 4.52 Å². The van der Waals surface area contributed by atoms with Crippen LogP contribution in [0.3, 0.4) is 0 Å². The first-order valence-corrected chi connectivity index (χ1v) is 8.39. The quantitative estimate of drug-likeness (QED) is 0.496. The van der Waals surface area contributed by atoms with Crippen molar-refractivity contribution in [3.05, 3.63) is 59.4 Å². The zero-order chi connectivity index (χ0) is 18.8. The summed E-state index contributed by atoms with van der Waals surface area (Å²) in [5.41, 5.74) is 5.44. The van der Waals surface area contributed by atoms with Crippen LogP contribution in [0.5, 0.6) is 0 Å². The number of nitrogens with zero attached hydrogens (tertiary/aromatic N) is 4. The Kier molecular flexibility index (Phi) is 4.18. The summed E-state index contributed by atoms with van der Waals surface area (Å²) in [4.78, 5) is 11.4. The minimum atomic E-state index is 0.432. The van der Waals surface area contributed by atoms with Crippen LogP contribution in [0, 0.1) is 25.2 Å². The van der Waals surface area contributed by atoms with Gasteiger partial charge in [-0.2, -0.15) is 5.26 Å². The van der Waals surface area contributed by atoms with Gasteiger partial charge in [0, 0.05) is 29.0 Å². The lowest BCUT2D eigenvalue weighted by Crippen LogP contribution is -2.01. The van der Waals surface area contributed by atoms with Gasteiger partial charge in [0.05, 0.1) is 41.0 Å². The van der Waals surface area contributed by atoms with Crippen molar-refractivity contribution in [2.75, 3.05) is 10.6 Å². The number of anilines is 3. The second-order valence-corrected chi connectivity index (χ2v) is 6.17. The number of benzene rings is 1. The zero-order valence-electron chi connectivity index (χ0n) is 14.9. The molecule has 134 valence electrons. The number of pyridine rings is 1. The standard InChI is InChI=1S/C19H17N7O/c1-11-12(2)26-27-19(11)25-18-13(6-20)7-23-17-4-3-14(5-16(17)18)22-9-15-8-21-10-24-15/h3-5,7-8,10,22H,9H2,1-2H3,(H,21,24)(H,23,25). The van der Waals surface area contributed by atoms with Crippen LogP contribution in [0.4, 0.5) is 17.3 Å². The summed E-state index contributed by atoms with van der Waals surface area (Å²) < 4.78 is 5.36. The van der Waals surface area contributed by atoms with E-state index in [-0.39, 0.29) is 0 Å². The summed E-state index contributed by atoms with van der Waals surface area (Å²) in [6, 6.07) is 8.01. The van der Waals surface area contributed by atoms with Crippen molar-refractivity contribution in [1.82, 2.24) is 20.1 Å². The van der Waals surface area contributed by atoms with E-state index in [2.05, 4.69) is 36.8 Å². The largest absolute Gasteiger partial charge is 0.379 e. The molecule has 0 aliphatic heterocycles. The number of hydrogen-bond acceptors (Lipinski definition) is 7. The lowest BCUT2D eigenvalue weighted by atomic mass is 10.1. The van der Waals surface area contributed by atoms with Crippen LogP contribution < -0.4 is 10.6 Å². The second-order valence-electron chi connectivity index (χ2n) is 6.17. The fraction of sp³-hybridized carbons (Fsp3) is 0.158. The van der Waals surface area contributed by atoms with E-state index >= 15 is 0 Å². The van der Waals surface area contributed by atoms with Crippen molar-refractivity contribution in [3.63, 3.8) is 0 Å². The highest BCUT2D eigenvalue weighted by molar-refractivity contribution is 5.97. The fourth-order valence-corrected chi connectivity index (χ4v) is 2.75. The number of imidazole rings is 1. The number of H-pyrrole nitrogens is 1. The van der Waals surface area contributed by atoms with E-state index in [1.54, 1.807) is 18.7 Å². The number of hydrogen-bond donors (Lipinski definition) is 3. The lowest BCUT2D eigenvalue weighted by Gasteiger charge is -2.12. The molecule has 8 nitrogen and oxygen atoms in total. The molecule has 0 aliphatic rings. The molecule has 0 saturated heterocycles. The van der Waals surface area contributed by atoms with Gasteiger partial charge in [0.25, 0.3) is 0 Å². The maximum Gasteiger partial charge on any atom is 0.232 e. The number of aromatic amines is 1. The molecule has 4 rings (SSSR count). The molecule has 0 aliphatic carbocycles. The first-order chi connectivity index (χ1) is 13.2. The molecule has 0 atom stereocenters. The van der Waals surface area contributed by atoms with E-state index in [1.165, 1.54) is 0 Å². The third-order valence-corrected chi connectivity index (χ3v) is 4.42. The van der Waals surface area contributed by atoms with Crippen LogP contribution in [0.2, 0.25) is 0 Å². The third kappa shape index (κ3) is 3.18. The molecule has 0 radical (unpaired) electrons. The molecule has 8 heteroatoms. The molecule has 0 unspecified atom stereocenters. The smallest absolute Gasteiger partial charge is 0.232 e. The Morgan fingerprint density at radius 2 is 2.15 bits per heavy atom. The van der Waals surface area contributed by atoms with Gasteiger partial charge in [-0.1, -0.05) is 5.16 Å². The average molecular weight is 359 g/mol. The van der Waals surface area contributed by atoms with Gasteiger partial charge >= 0.3 is 0 Å². The van der Waals surface area contributed by atoms with Crippen molar-refractivity contribution in [1.29, 1.82) is 5.26 Å². The van der Waals surface area contributed by atoms with Gasteiger partial charge < -0.3 is 20.1 Å². The molecule has 0 amide bonds. The molecule has 3 aromatic heterocycles. The Morgan fingerprint density at radius 3 is 2.85 bits per heavy atom. The maximum atomic E-state index is 9.53. The van der Waals surface area contributed by atoms with Gasteiger partial charge in [-0.05, 0) is 32.0 Å². The highest BCUT2D eigenvalue weighted by atomic mass is 16.5. The molecule has 3 heterocycles. The second kappa shape index (κ2) is 6.80. The summed E-state index contributed by atoms with van der Waals surface area (Å²) in [7, 11) is 0. The Hall–Kier alpha value is -3.86. The van der Waals surface area contributed by atoms with Crippen LogP contribution in [0.15, 0.2) is 41.4 Å². The predicted octanol–water partition coefficient (Wildman–Crippen LogP) is 3.79. The van der Waals surface area contributed by atoms with E-state index in [9.17, 15) is 5.26 Å². The minimum absolute atomic E-state index is 0.432. The van der Waals surface area contributed by atoms with Gasteiger partial charge in [-0.15, -0.1) is 0 Å². The zero-order valence-corrected chi connectivity index (χ0v) is 14.9. The predicted molar refractivity (Wildman–Crippen MR) is 102 cm³/mol. The van der Waals surface area contributed by atoms with Crippen LogP contribution in [0.25, 0.3) is 10.9 Å². The fourth-order valence-electron chi connectivity index (χ4n) is 2.75. The van der Waals surface area contributed by atoms with Crippen LogP contribution in [-0.2, 0) is 6.54 Å². The van der Waals surface area contributed by atoms with Crippen molar-refractivity contribution in [3.8, 4) is 6.07 Å². The topological polar surface area (TPSA) is 115 Å². The number of rotatable bonds is 5. The molecule has 3 N–H and O–H groups in total. The van der Waals surface area contributed by atoms with E-state index in [0.717, 1.165) is 33.5 Å². The van der Waals surface area contributed by atoms with Gasteiger partial charge in [0.2, 0.25) is 5.88 Å². The summed E-state index contributed by atoms with van der Waals surface area (Å²) in [5, 5.41) is 20.9. The highest BCUT2D eigenvalue weighted by Gasteiger charge is 2.15. The Labute approximate surface area is 155 Å². The molecule has 0 fully saturated rings. The van der Waals surface area contributed by atoms with E-state index in [1.807, 2.05) is 32.0 Å². The summed E-state index contributed by atoms with van der Waals surface area (Å²) in [6.07, 6.45) is 4.97. The summed E-state index contributed by atoms with van der Waals surface area (Å²) in [5.74, 6) is 0.521. The molecule has 1 aromatic carbocycles. The van der Waals surface area contributed by atoms with Gasteiger partial charge in [-0.25, -0.2) is 4.98 Å². The summed E-state index contributed by atoms with van der Waals surface area (Å²) >= 11 is 0. The number of nitrogens with one attached hydrogen (secondary N) is 3. The average Bonchev–Trinajstić information content (AvgIpc) is 3.32. The monoisotopic (exact) mass is 359 g/mol.